The van der Waals surface area contributed by atoms with Gasteiger partial charge in [-0.1, -0.05) is 23.5 Å². The first-order valence-corrected chi connectivity index (χ1v) is 6.92. The van der Waals surface area contributed by atoms with E-state index < -0.39 is 5.91 Å². The van der Waals surface area contributed by atoms with Crippen molar-refractivity contribution in [3.05, 3.63) is 52.4 Å². The van der Waals surface area contributed by atoms with Gasteiger partial charge in [0.05, 0.1) is 17.3 Å². The second-order valence-corrected chi connectivity index (χ2v) is 5.25. The number of H-pyrrole nitrogens is 1. The molecule has 1 amide bonds. The molecule has 0 aliphatic heterocycles. The van der Waals surface area contributed by atoms with Crippen LogP contribution >= 0.6 is 11.3 Å². The second-order valence-electron chi connectivity index (χ2n) is 4.22. The lowest BCUT2D eigenvalue weighted by atomic mass is 10.3. The molecular weight excluding hydrogens is 290 g/mol. The number of thiazole rings is 1. The number of hydrogen-bond donors (Lipinski definition) is 2. The van der Waals surface area contributed by atoms with Crippen molar-refractivity contribution >= 4 is 32.6 Å². The van der Waals surface area contributed by atoms with Gasteiger partial charge in [-0.25, -0.2) is 4.98 Å². The largest absolute Gasteiger partial charge is 0.491 e. The Bertz CT molecular complexity index is 836. The zero-order valence-electron chi connectivity index (χ0n) is 11.0. The highest BCUT2D eigenvalue weighted by atomic mass is 32.1. The molecule has 7 heteroatoms. The van der Waals surface area contributed by atoms with Crippen molar-refractivity contribution in [2.24, 2.45) is 0 Å². The molecule has 2 N–H and O–H groups in total. The number of carbonyl (C=O) groups excluding carboxylic acids is 1. The number of methoxy groups -OCH3 is 1. The van der Waals surface area contributed by atoms with Crippen LogP contribution in [0, 0.1) is 0 Å². The van der Waals surface area contributed by atoms with Gasteiger partial charge in [-0.15, -0.1) is 0 Å². The van der Waals surface area contributed by atoms with Crippen molar-refractivity contribution in [2.45, 2.75) is 0 Å². The van der Waals surface area contributed by atoms with E-state index in [1.54, 1.807) is 0 Å². The third kappa shape index (κ3) is 2.63. The first-order chi connectivity index (χ1) is 10.2. The first-order valence-electron chi connectivity index (χ1n) is 6.11. The van der Waals surface area contributed by atoms with Crippen LogP contribution in [0.15, 0.2) is 41.3 Å². The number of aromatic amines is 1. The molecule has 21 heavy (non-hydrogen) atoms. The van der Waals surface area contributed by atoms with Gasteiger partial charge in [0.15, 0.2) is 10.9 Å². The van der Waals surface area contributed by atoms with Gasteiger partial charge in [-0.2, -0.15) is 0 Å². The molecule has 3 rings (SSSR count). The van der Waals surface area contributed by atoms with Crippen LogP contribution in [0.4, 0.5) is 5.13 Å². The molecule has 2 heterocycles. The van der Waals surface area contributed by atoms with Gasteiger partial charge in [0.2, 0.25) is 5.43 Å². The Labute approximate surface area is 123 Å². The number of fused-ring (bicyclic) bond motifs is 1. The third-order valence-corrected chi connectivity index (χ3v) is 3.81. The van der Waals surface area contributed by atoms with Crippen LogP contribution < -0.4 is 15.5 Å². The molecule has 0 radical (unpaired) electrons. The monoisotopic (exact) mass is 301 g/mol. The molecule has 0 atom stereocenters. The molecule has 3 aromatic rings. The van der Waals surface area contributed by atoms with E-state index in [-0.39, 0.29) is 16.9 Å². The molecule has 0 aliphatic carbocycles. The van der Waals surface area contributed by atoms with E-state index in [4.69, 9.17) is 4.74 Å². The number of nitrogens with one attached hydrogen (secondary N) is 2. The predicted molar refractivity (Wildman–Crippen MR) is 81.2 cm³/mol. The second kappa shape index (κ2) is 5.37. The van der Waals surface area contributed by atoms with E-state index in [9.17, 15) is 9.59 Å². The molecular formula is C14H11N3O3S. The zero-order chi connectivity index (χ0) is 14.8. The highest BCUT2D eigenvalue weighted by Gasteiger charge is 2.12. The molecule has 0 saturated carbocycles. The summed E-state index contributed by atoms with van der Waals surface area (Å²) in [5.41, 5.74) is 0.617. The number of rotatable bonds is 3. The van der Waals surface area contributed by atoms with Crippen molar-refractivity contribution in [1.82, 2.24) is 9.97 Å². The molecule has 0 saturated heterocycles. The molecule has 0 fully saturated rings. The minimum Gasteiger partial charge on any atom is -0.491 e. The van der Waals surface area contributed by atoms with Gasteiger partial charge in [0.1, 0.15) is 5.69 Å². The molecule has 1 aromatic carbocycles. The number of para-hydroxylation sites is 1. The van der Waals surface area contributed by atoms with E-state index in [1.165, 1.54) is 30.7 Å². The number of amides is 1. The van der Waals surface area contributed by atoms with Gasteiger partial charge in [-0.05, 0) is 12.1 Å². The predicted octanol–water partition coefficient (Wildman–Crippen LogP) is 2.25. The summed E-state index contributed by atoms with van der Waals surface area (Å²) < 4.78 is 5.83. The summed E-state index contributed by atoms with van der Waals surface area (Å²) in [7, 11) is 1.39. The highest BCUT2D eigenvalue weighted by molar-refractivity contribution is 7.22. The van der Waals surface area contributed by atoms with Gasteiger partial charge < -0.3 is 9.72 Å². The number of benzene rings is 1. The fraction of sp³-hybridized carbons (Fsp3) is 0.0714. The van der Waals surface area contributed by atoms with E-state index in [0.29, 0.717) is 5.13 Å². The Morgan fingerprint density at radius 2 is 2.19 bits per heavy atom. The van der Waals surface area contributed by atoms with Crippen molar-refractivity contribution in [2.75, 3.05) is 12.4 Å². The molecule has 106 valence electrons. The first kappa shape index (κ1) is 13.3. The minimum absolute atomic E-state index is 0.153. The fourth-order valence-electron chi connectivity index (χ4n) is 1.84. The topological polar surface area (TPSA) is 84.1 Å². The number of carbonyl (C=O) groups is 1. The summed E-state index contributed by atoms with van der Waals surface area (Å²) in [5.74, 6) is -0.264. The summed E-state index contributed by atoms with van der Waals surface area (Å²) in [6.45, 7) is 0. The average Bonchev–Trinajstić information content (AvgIpc) is 2.89. The van der Waals surface area contributed by atoms with Crippen LogP contribution in [-0.4, -0.2) is 23.0 Å². The van der Waals surface area contributed by atoms with Gasteiger partial charge in [0.25, 0.3) is 5.91 Å². The van der Waals surface area contributed by atoms with Crippen LogP contribution in [0.3, 0.4) is 0 Å². The third-order valence-electron chi connectivity index (χ3n) is 2.86. The molecule has 0 unspecified atom stereocenters. The van der Waals surface area contributed by atoms with E-state index in [0.717, 1.165) is 10.2 Å². The zero-order valence-corrected chi connectivity index (χ0v) is 11.9. The summed E-state index contributed by atoms with van der Waals surface area (Å²) in [6, 6.07) is 8.79. The van der Waals surface area contributed by atoms with E-state index >= 15 is 0 Å². The Morgan fingerprint density at radius 1 is 1.38 bits per heavy atom. The molecule has 2 aromatic heterocycles. The lowest BCUT2D eigenvalue weighted by molar-refractivity contribution is 0.102. The lowest BCUT2D eigenvalue weighted by Gasteiger charge is -2.03. The summed E-state index contributed by atoms with van der Waals surface area (Å²) in [4.78, 5) is 30.7. The van der Waals surface area contributed by atoms with Gasteiger partial charge >= 0.3 is 0 Å². The summed E-state index contributed by atoms with van der Waals surface area (Å²) in [5, 5.41) is 3.15. The van der Waals surface area contributed by atoms with Crippen molar-refractivity contribution in [3.63, 3.8) is 0 Å². The van der Waals surface area contributed by atoms with Gasteiger partial charge in [0, 0.05) is 12.3 Å². The van der Waals surface area contributed by atoms with Crippen molar-refractivity contribution in [3.8, 4) is 5.75 Å². The smallest absolute Gasteiger partial charge is 0.273 e. The van der Waals surface area contributed by atoms with Gasteiger partial charge in [-0.3, -0.25) is 14.9 Å². The summed E-state index contributed by atoms with van der Waals surface area (Å²) >= 11 is 1.37. The Hall–Kier alpha value is -2.67. The van der Waals surface area contributed by atoms with Crippen molar-refractivity contribution in [1.29, 1.82) is 0 Å². The lowest BCUT2D eigenvalue weighted by Crippen LogP contribution is -2.17. The van der Waals surface area contributed by atoms with Crippen LogP contribution in [0.5, 0.6) is 5.75 Å². The highest BCUT2D eigenvalue weighted by Crippen LogP contribution is 2.25. The summed E-state index contributed by atoms with van der Waals surface area (Å²) in [6.07, 6.45) is 1.36. The number of ether oxygens (including phenoxy) is 1. The number of hydrogen-bond acceptors (Lipinski definition) is 5. The quantitative estimate of drug-likeness (QED) is 0.777. The maximum atomic E-state index is 12.1. The molecule has 6 nitrogen and oxygen atoms in total. The maximum absolute atomic E-state index is 12.1. The fourth-order valence-corrected chi connectivity index (χ4v) is 2.70. The van der Waals surface area contributed by atoms with E-state index in [1.807, 2.05) is 24.3 Å². The Balaban J connectivity index is 1.85. The molecule has 0 bridgehead atoms. The molecule has 0 spiro atoms. The number of anilines is 1. The van der Waals surface area contributed by atoms with Crippen molar-refractivity contribution < 1.29 is 9.53 Å². The average molecular weight is 301 g/mol. The maximum Gasteiger partial charge on any atom is 0.273 e. The molecule has 0 aliphatic rings. The van der Waals surface area contributed by atoms with Crippen LogP contribution in [0.25, 0.3) is 10.2 Å². The number of pyridine rings is 1. The van der Waals surface area contributed by atoms with Crippen LogP contribution in [-0.2, 0) is 0 Å². The SMILES string of the molecule is COc1c[nH]c(C(=O)Nc2nc3ccccc3s2)cc1=O. The Kier molecular flexibility index (Phi) is 3.41. The van der Waals surface area contributed by atoms with Crippen LogP contribution in [0.1, 0.15) is 10.5 Å². The van der Waals surface area contributed by atoms with Crippen LogP contribution in [0.2, 0.25) is 0 Å². The Morgan fingerprint density at radius 3 is 2.90 bits per heavy atom. The van der Waals surface area contributed by atoms with E-state index in [2.05, 4.69) is 15.3 Å². The number of nitrogens with zero attached hydrogens (tertiary/aromatic N) is 1. The standard InChI is InChI=1S/C14H11N3O3S/c1-20-11-7-15-9(6-10(11)18)13(19)17-14-16-8-4-2-3-5-12(8)21-14/h2-7H,1H3,(H,15,18)(H,16,17,19). The minimum atomic E-state index is -0.422. The number of aromatic nitrogens is 2. The normalized spacial score (nSPS) is 10.5.